The summed E-state index contributed by atoms with van der Waals surface area (Å²) in [4.78, 5) is 16.2. The van der Waals surface area contributed by atoms with Crippen molar-refractivity contribution < 1.29 is 4.79 Å². The van der Waals surface area contributed by atoms with Gasteiger partial charge < -0.3 is 15.5 Å². The maximum absolute atomic E-state index is 12.1. The minimum absolute atomic E-state index is 0.0366. The lowest BCUT2D eigenvalue weighted by Gasteiger charge is -2.32. The first-order valence-electron chi connectivity index (χ1n) is 6.09. The van der Waals surface area contributed by atoms with Crippen LogP contribution in [0.4, 0.5) is 0 Å². The number of likely N-dealkylation sites (N-methyl/N-ethyl adjacent to an activating group) is 2. The molecule has 0 heterocycles. The maximum atomic E-state index is 12.1. The summed E-state index contributed by atoms with van der Waals surface area (Å²) in [6, 6.07) is 0.257. The summed E-state index contributed by atoms with van der Waals surface area (Å²) < 4.78 is 0. The zero-order valence-corrected chi connectivity index (χ0v) is 11.4. The smallest absolute Gasteiger partial charge is 0.225 e. The molecule has 0 saturated carbocycles. The number of hydrogen-bond acceptors (Lipinski definition) is 3. The van der Waals surface area contributed by atoms with Crippen LogP contribution in [0.5, 0.6) is 0 Å². The SMILES string of the molecule is CCN(C(=O)C(C)CCN)C(C)CN(C)C. The first-order valence-corrected chi connectivity index (χ1v) is 6.09. The van der Waals surface area contributed by atoms with Crippen molar-refractivity contribution >= 4 is 5.91 Å². The third kappa shape index (κ3) is 4.94. The lowest BCUT2D eigenvalue weighted by molar-refractivity contribution is -0.137. The molecule has 0 saturated heterocycles. The molecule has 0 aromatic rings. The van der Waals surface area contributed by atoms with Gasteiger partial charge in [0, 0.05) is 25.0 Å². The topological polar surface area (TPSA) is 49.6 Å². The van der Waals surface area contributed by atoms with E-state index in [0.29, 0.717) is 6.54 Å². The summed E-state index contributed by atoms with van der Waals surface area (Å²) in [7, 11) is 4.05. The van der Waals surface area contributed by atoms with Crippen molar-refractivity contribution in [1.82, 2.24) is 9.80 Å². The average Bonchev–Trinajstić information content (AvgIpc) is 2.17. The fraction of sp³-hybridized carbons (Fsp3) is 0.917. The fourth-order valence-electron chi connectivity index (χ4n) is 1.97. The molecule has 0 aliphatic carbocycles. The molecule has 96 valence electrons. The number of amides is 1. The van der Waals surface area contributed by atoms with Gasteiger partial charge in [-0.25, -0.2) is 0 Å². The molecule has 0 spiro atoms. The van der Waals surface area contributed by atoms with Gasteiger partial charge in [0.1, 0.15) is 0 Å². The Labute approximate surface area is 99.8 Å². The Bertz CT molecular complexity index is 206. The van der Waals surface area contributed by atoms with Gasteiger partial charge in [0.05, 0.1) is 0 Å². The molecule has 2 atom stereocenters. The van der Waals surface area contributed by atoms with Crippen LogP contribution in [0.15, 0.2) is 0 Å². The molecule has 0 aliphatic heterocycles. The van der Waals surface area contributed by atoms with Gasteiger partial charge in [-0.05, 0) is 40.9 Å². The fourth-order valence-corrected chi connectivity index (χ4v) is 1.97. The molecule has 0 bridgehead atoms. The van der Waals surface area contributed by atoms with Crippen molar-refractivity contribution in [2.24, 2.45) is 11.7 Å². The third-order valence-electron chi connectivity index (χ3n) is 2.81. The largest absolute Gasteiger partial charge is 0.339 e. The molecule has 4 heteroatoms. The summed E-state index contributed by atoms with van der Waals surface area (Å²) in [5.41, 5.74) is 5.49. The van der Waals surface area contributed by atoms with E-state index in [1.807, 2.05) is 32.8 Å². The number of carbonyl (C=O) groups is 1. The van der Waals surface area contributed by atoms with Crippen LogP contribution in [0.1, 0.15) is 27.2 Å². The Hall–Kier alpha value is -0.610. The average molecular weight is 229 g/mol. The molecule has 4 nitrogen and oxygen atoms in total. The Kier molecular flexibility index (Phi) is 7.34. The second-order valence-electron chi connectivity index (χ2n) is 4.71. The van der Waals surface area contributed by atoms with Gasteiger partial charge in [-0.2, -0.15) is 0 Å². The molecule has 0 aromatic carbocycles. The van der Waals surface area contributed by atoms with Crippen LogP contribution >= 0.6 is 0 Å². The predicted octanol–water partition coefficient (Wildman–Crippen LogP) is 0.770. The summed E-state index contributed by atoms with van der Waals surface area (Å²) in [6.45, 7) is 8.32. The molecule has 0 aromatic heterocycles. The Morgan fingerprint density at radius 2 is 1.88 bits per heavy atom. The molecule has 16 heavy (non-hydrogen) atoms. The molecule has 0 radical (unpaired) electrons. The van der Waals surface area contributed by atoms with Gasteiger partial charge in [-0.15, -0.1) is 0 Å². The summed E-state index contributed by atoms with van der Waals surface area (Å²) in [6.07, 6.45) is 0.768. The van der Waals surface area contributed by atoms with Crippen LogP contribution in [-0.4, -0.2) is 55.5 Å². The van der Waals surface area contributed by atoms with E-state index in [-0.39, 0.29) is 17.9 Å². The van der Waals surface area contributed by atoms with E-state index in [2.05, 4.69) is 11.8 Å². The highest BCUT2D eigenvalue weighted by Crippen LogP contribution is 2.10. The highest BCUT2D eigenvalue weighted by Gasteiger charge is 2.23. The van der Waals surface area contributed by atoms with E-state index < -0.39 is 0 Å². The second kappa shape index (κ2) is 7.63. The van der Waals surface area contributed by atoms with Crippen LogP contribution < -0.4 is 5.73 Å². The zero-order chi connectivity index (χ0) is 12.7. The van der Waals surface area contributed by atoms with Gasteiger partial charge in [-0.3, -0.25) is 4.79 Å². The highest BCUT2D eigenvalue weighted by atomic mass is 16.2. The highest BCUT2D eigenvalue weighted by molar-refractivity contribution is 5.78. The van der Waals surface area contributed by atoms with Gasteiger partial charge in [0.15, 0.2) is 0 Å². The van der Waals surface area contributed by atoms with Crippen molar-refractivity contribution in [3.05, 3.63) is 0 Å². The molecular weight excluding hydrogens is 202 g/mol. The van der Waals surface area contributed by atoms with Crippen LogP contribution in [0, 0.1) is 5.92 Å². The molecule has 0 rings (SSSR count). The minimum Gasteiger partial charge on any atom is -0.339 e. The van der Waals surface area contributed by atoms with Crippen LogP contribution in [0.3, 0.4) is 0 Å². The summed E-state index contributed by atoms with van der Waals surface area (Å²) in [5, 5.41) is 0. The van der Waals surface area contributed by atoms with E-state index in [9.17, 15) is 4.79 Å². The van der Waals surface area contributed by atoms with E-state index in [1.165, 1.54) is 0 Å². The quantitative estimate of drug-likeness (QED) is 0.701. The Balaban J connectivity index is 4.41. The van der Waals surface area contributed by atoms with E-state index in [0.717, 1.165) is 19.5 Å². The first-order chi connectivity index (χ1) is 7.43. The standard InChI is InChI=1S/C12H27N3O/c1-6-15(11(3)9-14(4)5)12(16)10(2)7-8-13/h10-11H,6-9,13H2,1-5H3. The first kappa shape index (κ1) is 15.4. The third-order valence-corrected chi connectivity index (χ3v) is 2.81. The van der Waals surface area contributed by atoms with Crippen LogP contribution in [0.2, 0.25) is 0 Å². The van der Waals surface area contributed by atoms with Crippen molar-refractivity contribution in [1.29, 1.82) is 0 Å². The van der Waals surface area contributed by atoms with E-state index in [4.69, 9.17) is 5.73 Å². The molecular formula is C12H27N3O. The molecule has 1 amide bonds. The number of hydrogen-bond donors (Lipinski definition) is 1. The van der Waals surface area contributed by atoms with Gasteiger partial charge in [0.25, 0.3) is 0 Å². The molecule has 2 N–H and O–H groups in total. The van der Waals surface area contributed by atoms with Crippen molar-refractivity contribution in [2.75, 3.05) is 33.7 Å². The van der Waals surface area contributed by atoms with Crippen molar-refractivity contribution in [3.8, 4) is 0 Å². The van der Waals surface area contributed by atoms with Gasteiger partial charge in [0.2, 0.25) is 5.91 Å². The number of carbonyl (C=O) groups excluding carboxylic acids is 1. The zero-order valence-electron chi connectivity index (χ0n) is 11.4. The number of rotatable bonds is 7. The van der Waals surface area contributed by atoms with Crippen LogP contribution in [-0.2, 0) is 4.79 Å². The van der Waals surface area contributed by atoms with E-state index in [1.54, 1.807) is 0 Å². The summed E-state index contributed by atoms with van der Waals surface area (Å²) in [5.74, 6) is 0.261. The Morgan fingerprint density at radius 1 is 1.31 bits per heavy atom. The predicted molar refractivity (Wildman–Crippen MR) is 68.2 cm³/mol. The normalized spacial score (nSPS) is 14.9. The second-order valence-corrected chi connectivity index (χ2v) is 4.71. The van der Waals surface area contributed by atoms with Crippen molar-refractivity contribution in [3.63, 3.8) is 0 Å². The monoisotopic (exact) mass is 229 g/mol. The molecule has 0 aliphatic rings. The van der Waals surface area contributed by atoms with Gasteiger partial charge >= 0.3 is 0 Å². The number of nitrogens with zero attached hydrogens (tertiary/aromatic N) is 2. The lowest BCUT2D eigenvalue weighted by Crippen LogP contribution is -2.46. The van der Waals surface area contributed by atoms with E-state index >= 15 is 0 Å². The lowest BCUT2D eigenvalue weighted by atomic mass is 10.1. The number of nitrogens with two attached hydrogens (primary N) is 1. The molecule has 0 fully saturated rings. The maximum Gasteiger partial charge on any atom is 0.225 e. The van der Waals surface area contributed by atoms with Gasteiger partial charge in [-0.1, -0.05) is 6.92 Å². The minimum atomic E-state index is 0.0366. The molecule has 2 unspecified atom stereocenters. The van der Waals surface area contributed by atoms with Crippen LogP contribution in [0.25, 0.3) is 0 Å². The Morgan fingerprint density at radius 3 is 2.25 bits per heavy atom. The van der Waals surface area contributed by atoms with Crippen molar-refractivity contribution in [2.45, 2.75) is 33.2 Å². The summed E-state index contributed by atoms with van der Waals surface area (Å²) >= 11 is 0.